The SMILES string of the molecule is Cc1ccc(C(=O)NCCSc2ncn[nH]2)cc1. The third kappa shape index (κ3) is 3.59. The number of thioether (sulfide) groups is 1. The summed E-state index contributed by atoms with van der Waals surface area (Å²) in [5.41, 5.74) is 1.83. The molecule has 1 heterocycles. The van der Waals surface area contributed by atoms with Crippen molar-refractivity contribution >= 4 is 17.7 Å². The van der Waals surface area contributed by atoms with Gasteiger partial charge in [-0.15, -0.1) is 0 Å². The minimum atomic E-state index is -0.0480. The summed E-state index contributed by atoms with van der Waals surface area (Å²) in [5, 5.41) is 10.1. The minimum Gasteiger partial charge on any atom is -0.351 e. The van der Waals surface area contributed by atoms with Crippen molar-refractivity contribution in [3.63, 3.8) is 0 Å². The molecular weight excluding hydrogens is 248 g/mol. The number of nitrogens with one attached hydrogen (secondary N) is 2. The van der Waals surface area contributed by atoms with Crippen molar-refractivity contribution in [2.24, 2.45) is 0 Å². The van der Waals surface area contributed by atoms with E-state index in [1.54, 1.807) is 0 Å². The minimum absolute atomic E-state index is 0.0480. The topological polar surface area (TPSA) is 70.7 Å². The van der Waals surface area contributed by atoms with Gasteiger partial charge in [-0.05, 0) is 19.1 Å². The molecule has 1 aromatic heterocycles. The van der Waals surface area contributed by atoms with Gasteiger partial charge in [-0.3, -0.25) is 9.89 Å². The molecule has 6 heteroatoms. The van der Waals surface area contributed by atoms with Crippen LogP contribution in [0.2, 0.25) is 0 Å². The molecule has 2 N–H and O–H groups in total. The average molecular weight is 262 g/mol. The Labute approximate surface area is 109 Å². The van der Waals surface area contributed by atoms with Gasteiger partial charge in [0.05, 0.1) is 0 Å². The number of aryl methyl sites for hydroxylation is 1. The van der Waals surface area contributed by atoms with E-state index in [4.69, 9.17) is 0 Å². The van der Waals surface area contributed by atoms with Gasteiger partial charge in [0, 0.05) is 17.9 Å². The summed E-state index contributed by atoms with van der Waals surface area (Å²) < 4.78 is 0. The van der Waals surface area contributed by atoms with Crippen LogP contribution in [0.15, 0.2) is 35.7 Å². The number of nitrogens with zero attached hydrogens (tertiary/aromatic N) is 2. The lowest BCUT2D eigenvalue weighted by molar-refractivity contribution is 0.0956. The number of aromatic nitrogens is 3. The zero-order valence-electron chi connectivity index (χ0n) is 10.0. The van der Waals surface area contributed by atoms with Crippen molar-refractivity contribution < 1.29 is 4.79 Å². The summed E-state index contributed by atoms with van der Waals surface area (Å²) in [6, 6.07) is 7.51. The lowest BCUT2D eigenvalue weighted by Crippen LogP contribution is -2.25. The Hall–Kier alpha value is -1.82. The highest BCUT2D eigenvalue weighted by atomic mass is 32.2. The molecule has 2 aromatic rings. The van der Waals surface area contributed by atoms with Gasteiger partial charge in [-0.1, -0.05) is 29.5 Å². The molecule has 0 spiro atoms. The molecule has 0 fully saturated rings. The van der Waals surface area contributed by atoms with E-state index in [1.807, 2.05) is 31.2 Å². The van der Waals surface area contributed by atoms with Crippen molar-refractivity contribution in [1.29, 1.82) is 0 Å². The van der Waals surface area contributed by atoms with Crippen LogP contribution in [0.25, 0.3) is 0 Å². The van der Waals surface area contributed by atoms with Crippen molar-refractivity contribution in [1.82, 2.24) is 20.5 Å². The number of aromatic amines is 1. The predicted octanol–water partition coefficient (Wildman–Crippen LogP) is 1.64. The second-order valence-corrected chi connectivity index (χ2v) is 4.84. The second kappa shape index (κ2) is 6.20. The van der Waals surface area contributed by atoms with Crippen LogP contribution in [0.5, 0.6) is 0 Å². The van der Waals surface area contributed by atoms with Crippen LogP contribution in [0.4, 0.5) is 0 Å². The van der Waals surface area contributed by atoms with Crippen molar-refractivity contribution in [2.75, 3.05) is 12.3 Å². The standard InChI is InChI=1S/C12H14N4OS/c1-9-2-4-10(5-3-9)11(17)13-6-7-18-12-14-8-15-16-12/h2-5,8H,6-7H2,1H3,(H,13,17)(H,14,15,16). The molecule has 0 aliphatic carbocycles. The number of benzene rings is 1. The largest absolute Gasteiger partial charge is 0.351 e. The van der Waals surface area contributed by atoms with Gasteiger partial charge in [0.15, 0.2) is 5.16 Å². The van der Waals surface area contributed by atoms with Gasteiger partial charge in [0.2, 0.25) is 0 Å². The smallest absolute Gasteiger partial charge is 0.251 e. The number of amides is 1. The normalized spacial score (nSPS) is 10.3. The van der Waals surface area contributed by atoms with E-state index < -0.39 is 0 Å². The molecule has 1 aromatic carbocycles. The molecule has 1 amide bonds. The fourth-order valence-corrected chi connectivity index (χ4v) is 2.02. The molecule has 0 unspecified atom stereocenters. The Kier molecular flexibility index (Phi) is 4.35. The second-order valence-electron chi connectivity index (χ2n) is 3.76. The molecule has 18 heavy (non-hydrogen) atoms. The van der Waals surface area contributed by atoms with E-state index in [9.17, 15) is 4.79 Å². The van der Waals surface area contributed by atoms with Gasteiger partial charge in [0.25, 0.3) is 5.91 Å². The quantitative estimate of drug-likeness (QED) is 0.634. The molecule has 0 aliphatic heterocycles. The van der Waals surface area contributed by atoms with E-state index in [-0.39, 0.29) is 5.91 Å². The van der Waals surface area contributed by atoms with Gasteiger partial charge >= 0.3 is 0 Å². The van der Waals surface area contributed by atoms with E-state index >= 15 is 0 Å². The first-order valence-corrected chi connectivity index (χ1v) is 6.57. The summed E-state index contributed by atoms with van der Waals surface area (Å²) in [5.74, 6) is 0.709. The highest BCUT2D eigenvalue weighted by Gasteiger charge is 2.04. The monoisotopic (exact) mass is 262 g/mol. The molecule has 5 nitrogen and oxygen atoms in total. The third-order valence-corrected chi connectivity index (χ3v) is 3.21. The molecule has 0 bridgehead atoms. The first-order valence-electron chi connectivity index (χ1n) is 5.59. The zero-order chi connectivity index (χ0) is 12.8. The van der Waals surface area contributed by atoms with Crippen LogP contribution in [-0.2, 0) is 0 Å². The Morgan fingerprint density at radius 2 is 2.17 bits per heavy atom. The van der Waals surface area contributed by atoms with Crippen molar-refractivity contribution in [3.8, 4) is 0 Å². The lowest BCUT2D eigenvalue weighted by atomic mass is 10.1. The van der Waals surface area contributed by atoms with E-state index in [0.29, 0.717) is 12.1 Å². The Balaban J connectivity index is 1.73. The number of hydrogen-bond acceptors (Lipinski definition) is 4. The summed E-state index contributed by atoms with van der Waals surface area (Å²) in [7, 11) is 0. The Bertz CT molecular complexity index is 495. The molecule has 0 saturated carbocycles. The highest BCUT2D eigenvalue weighted by Crippen LogP contribution is 2.09. The van der Waals surface area contributed by atoms with E-state index in [0.717, 1.165) is 16.5 Å². The highest BCUT2D eigenvalue weighted by molar-refractivity contribution is 7.99. The molecule has 94 valence electrons. The van der Waals surface area contributed by atoms with Gasteiger partial charge in [0.1, 0.15) is 6.33 Å². The summed E-state index contributed by atoms with van der Waals surface area (Å²) >= 11 is 1.52. The first-order chi connectivity index (χ1) is 8.75. The maximum Gasteiger partial charge on any atom is 0.251 e. The Morgan fingerprint density at radius 3 is 2.83 bits per heavy atom. The number of rotatable bonds is 5. The van der Waals surface area contributed by atoms with Crippen LogP contribution in [0.3, 0.4) is 0 Å². The fraction of sp³-hybridized carbons (Fsp3) is 0.250. The third-order valence-electron chi connectivity index (χ3n) is 2.33. The maximum absolute atomic E-state index is 11.8. The number of H-pyrrole nitrogens is 1. The number of carbonyl (C=O) groups excluding carboxylic acids is 1. The Morgan fingerprint density at radius 1 is 1.39 bits per heavy atom. The number of hydrogen-bond donors (Lipinski definition) is 2. The van der Waals surface area contributed by atoms with Crippen LogP contribution >= 0.6 is 11.8 Å². The van der Waals surface area contributed by atoms with Crippen LogP contribution < -0.4 is 5.32 Å². The number of carbonyl (C=O) groups is 1. The van der Waals surface area contributed by atoms with Crippen molar-refractivity contribution in [2.45, 2.75) is 12.1 Å². The zero-order valence-corrected chi connectivity index (χ0v) is 10.8. The molecule has 0 atom stereocenters. The maximum atomic E-state index is 11.8. The lowest BCUT2D eigenvalue weighted by Gasteiger charge is -2.04. The first kappa shape index (κ1) is 12.6. The van der Waals surface area contributed by atoms with Crippen LogP contribution in [0.1, 0.15) is 15.9 Å². The van der Waals surface area contributed by atoms with Crippen LogP contribution in [0, 0.1) is 6.92 Å². The van der Waals surface area contributed by atoms with E-state index in [2.05, 4.69) is 20.5 Å². The molecule has 0 aliphatic rings. The molecule has 0 radical (unpaired) electrons. The van der Waals surface area contributed by atoms with Crippen LogP contribution in [-0.4, -0.2) is 33.4 Å². The summed E-state index contributed by atoms with van der Waals surface area (Å²) in [6.45, 7) is 2.59. The fourth-order valence-electron chi connectivity index (χ4n) is 1.38. The van der Waals surface area contributed by atoms with E-state index in [1.165, 1.54) is 18.1 Å². The molecule has 2 rings (SSSR count). The van der Waals surface area contributed by atoms with Gasteiger partial charge in [-0.2, -0.15) is 5.10 Å². The predicted molar refractivity (Wildman–Crippen MR) is 70.6 cm³/mol. The average Bonchev–Trinajstić information content (AvgIpc) is 2.88. The summed E-state index contributed by atoms with van der Waals surface area (Å²) in [4.78, 5) is 15.7. The molecular formula is C12H14N4OS. The molecule has 0 saturated heterocycles. The van der Waals surface area contributed by atoms with Gasteiger partial charge < -0.3 is 5.32 Å². The van der Waals surface area contributed by atoms with Crippen molar-refractivity contribution in [3.05, 3.63) is 41.7 Å². The summed E-state index contributed by atoms with van der Waals surface area (Å²) in [6.07, 6.45) is 1.47. The van der Waals surface area contributed by atoms with Gasteiger partial charge in [-0.25, -0.2) is 4.98 Å².